The third-order valence-electron chi connectivity index (χ3n) is 3.72. The lowest BCUT2D eigenvalue weighted by molar-refractivity contribution is -0.116. The van der Waals surface area contributed by atoms with Gasteiger partial charge in [-0.05, 0) is 49.5 Å². The predicted octanol–water partition coefficient (Wildman–Crippen LogP) is 4.71. The predicted molar refractivity (Wildman–Crippen MR) is 105 cm³/mol. The lowest BCUT2D eigenvalue weighted by atomic mass is 10.1. The Kier molecular flexibility index (Phi) is 5.45. The molecule has 7 heteroatoms. The summed E-state index contributed by atoms with van der Waals surface area (Å²) in [6.07, 6.45) is 0.308. The first-order valence-electron chi connectivity index (χ1n) is 7.80. The van der Waals surface area contributed by atoms with Gasteiger partial charge in [0.25, 0.3) is 0 Å². The quantitative estimate of drug-likeness (QED) is 0.592. The van der Waals surface area contributed by atoms with Gasteiger partial charge in [-0.3, -0.25) is 14.5 Å². The zero-order valence-corrected chi connectivity index (χ0v) is 16.0. The van der Waals surface area contributed by atoms with E-state index in [9.17, 15) is 4.79 Å². The van der Waals surface area contributed by atoms with Crippen molar-refractivity contribution >= 4 is 39.7 Å². The van der Waals surface area contributed by atoms with Crippen LogP contribution >= 0.6 is 28.1 Å². The van der Waals surface area contributed by atoms with Gasteiger partial charge in [0.05, 0.1) is 0 Å². The van der Waals surface area contributed by atoms with Crippen molar-refractivity contribution in [3.63, 3.8) is 0 Å². The summed E-state index contributed by atoms with van der Waals surface area (Å²) in [5, 5.41) is 10.0. The Labute approximate surface area is 159 Å². The summed E-state index contributed by atoms with van der Waals surface area (Å²) in [5.41, 5.74) is 2.88. The molecule has 2 N–H and O–H groups in total. The minimum absolute atomic E-state index is 0.0689. The number of H-pyrrole nitrogens is 1. The molecule has 0 unspecified atom stereocenters. The second-order valence-electron chi connectivity index (χ2n) is 5.68. The van der Waals surface area contributed by atoms with Gasteiger partial charge in [0.1, 0.15) is 0 Å². The third-order valence-corrected chi connectivity index (χ3v) is 4.57. The van der Waals surface area contributed by atoms with Gasteiger partial charge < -0.3 is 5.32 Å². The zero-order chi connectivity index (χ0) is 17.8. The first-order valence-corrected chi connectivity index (χ1v) is 9.01. The number of hydrogen-bond acceptors (Lipinski definition) is 3. The first kappa shape index (κ1) is 17.6. The molecule has 5 nitrogen and oxygen atoms in total. The van der Waals surface area contributed by atoms with Crippen LogP contribution in [0, 0.1) is 11.7 Å². The molecule has 0 spiro atoms. The van der Waals surface area contributed by atoms with Gasteiger partial charge in [0.15, 0.2) is 10.6 Å². The maximum atomic E-state index is 12.2. The lowest BCUT2D eigenvalue weighted by Gasteiger charge is -2.08. The van der Waals surface area contributed by atoms with Crippen LogP contribution < -0.4 is 5.32 Å². The highest BCUT2D eigenvalue weighted by Crippen LogP contribution is 2.19. The van der Waals surface area contributed by atoms with Crippen LogP contribution in [-0.2, 0) is 11.3 Å². The molecule has 0 aliphatic carbocycles. The van der Waals surface area contributed by atoms with Gasteiger partial charge in [0.2, 0.25) is 5.91 Å². The fourth-order valence-corrected chi connectivity index (χ4v) is 2.99. The average molecular weight is 417 g/mol. The van der Waals surface area contributed by atoms with E-state index >= 15 is 0 Å². The molecule has 2 aromatic carbocycles. The monoisotopic (exact) mass is 416 g/mol. The maximum absolute atomic E-state index is 12.2. The number of aromatic amines is 1. The summed E-state index contributed by atoms with van der Waals surface area (Å²) in [4.78, 5) is 12.2. The molecule has 1 heterocycles. The van der Waals surface area contributed by atoms with Gasteiger partial charge >= 0.3 is 0 Å². The van der Waals surface area contributed by atoms with Crippen LogP contribution in [0.25, 0.3) is 11.4 Å². The number of rotatable bonds is 5. The highest BCUT2D eigenvalue weighted by molar-refractivity contribution is 9.10. The van der Waals surface area contributed by atoms with E-state index in [1.54, 1.807) is 0 Å². The van der Waals surface area contributed by atoms with Crippen LogP contribution in [0.4, 0.5) is 5.69 Å². The molecule has 25 heavy (non-hydrogen) atoms. The molecule has 0 aliphatic heterocycles. The number of benzene rings is 2. The maximum Gasteiger partial charge on any atom is 0.226 e. The van der Waals surface area contributed by atoms with Crippen LogP contribution in [0.2, 0.25) is 0 Å². The van der Waals surface area contributed by atoms with E-state index in [-0.39, 0.29) is 5.91 Å². The highest BCUT2D eigenvalue weighted by atomic mass is 79.9. The number of aryl methyl sites for hydroxylation is 1. The van der Waals surface area contributed by atoms with Gasteiger partial charge in [0, 0.05) is 28.7 Å². The van der Waals surface area contributed by atoms with Crippen molar-refractivity contribution in [2.45, 2.75) is 19.9 Å². The van der Waals surface area contributed by atoms with Crippen molar-refractivity contribution < 1.29 is 4.79 Å². The van der Waals surface area contributed by atoms with E-state index in [0.717, 1.165) is 27.1 Å². The molecule has 0 bridgehead atoms. The van der Waals surface area contributed by atoms with E-state index in [1.807, 2.05) is 60.0 Å². The second-order valence-corrected chi connectivity index (χ2v) is 6.98. The van der Waals surface area contributed by atoms with E-state index < -0.39 is 0 Å². The topological polar surface area (TPSA) is 62.7 Å². The largest absolute Gasteiger partial charge is 0.326 e. The molecule has 0 aliphatic rings. The fraction of sp³-hybridized carbons (Fsp3) is 0.167. The molecular formula is C18H17BrN4OS. The smallest absolute Gasteiger partial charge is 0.226 e. The van der Waals surface area contributed by atoms with Crippen molar-refractivity contribution in [3.8, 4) is 11.4 Å². The van der Waals surface area contributed by atoms with Crippen molar-refractivity contribution in [3.05, 3.63) is 63.3 Å². The molecule has 1 amide bonds. The second kappa shape index (κ2) is 7.76. The normalized spacial score (nSPS) is 10.6. The number of anilines is 1. The molecule has 0 radical (unpaired) electrons. The Morgan fingerprint density at radius 2 is 2.04 bits per heavy atom. The Balaban J connectivity index is 1.71. The summed E-state index contributed by atoms with van der Waals surface area (Å²) >= 11 is 8.68. The highest BCUT2D eigenvalue weighted by Gasteiger charge is 2.11. The van der Waals surface area contributed by atoms with Crippen LogP contribution in [-0.4, -0.2) is 20.7 Å². The number of aromatic nitrogens is 3. The summed E-state index contributed by atoms with van der Waals surface area (Å²) in [5.74, 6) is 0.672. The van der Waals surface area contributed by atoms with Crippen molar-refractivity contribution in [2.24, 2.45) is 0 Å². The van der Waals surface area contributed by atoms with E-state index in [0.29, 0.717) is 17.7 Å². The molecule has 0 fully saturated rings. The molecule has 3 rings (SSSR count). The summed E-state index contributed by atoms with van der Waals surface area (Å²) in [6.45, 7) is 2.49. The van der Waals surface area contributed by atoms with Gasteiger partial charge in [-0.2, -0.15) is 5.10 Å². The van der Waals surface area contributed by atoms with Crippen LogP contribution in [0.1, 0.15) is 12.0 Å². The van der Waals surface area contributed by atoms with Crippen molar-refractivity contribution in [2.75, 3.05) is 5.32 Å². The van der Waals surface area contributed by atoms with E-state index in [4.69, 9.17) is 12.2 Å². The van der Waals surface area contributed by atoms with Gasteiger partial charge in [-0.15, -0.1) is 0 Å². The van der Waals surface area contributed by atoms with Gasteiger partial charge in [-0.25, -0.2) is 0 Å². The Morgan fingerprint density at radius 1 is 1.28 bits per heavy atom. The first-order chi connectivity index (χ1) is 12.0. The number of carbonyl (C=O) groups is 1. The van der Waals surface area contributed by atoms with Gasteiger partial charge in [-0.1, -0.05) is 39.7 Å². The van der Waals surface area contributed by atoms with Crippen LogP contribution in [0.15, 0.2) is 53.0 Å². The van der Waals surface area contributed by atoms with Crippen molar-refractivity contribution in [1.29, 1.82) is 0 Å². The number of carbonyl (C=O) groups excluding carboxylic acids is 1. The SMILES string of the molecule is Cc1cccc(-c2n[nH]c(=S)n2CCC(=O)Nc2ccc(Br)cc2)c1. The molecule has 1 aromatic heterocycles. The lowest BCUT2D eigenvalue weighted by Crippen LogP contribution is -2.15. The zero-order valence-electron chi connectivity index (χ0n) is 13.6. The molecule has 3 aromatic rings. The number of nitrogens with one attached hydrogen (secondary N) is 2. The summed E-state index contributed by atoms with van der Waals surface area (Å²) < 4.78 is 3.33. The van der Waals surface area contributed by atoms with Crippen molar-refractivity contribution in [1.82, 2.24) is 14.8 Å². The summed E-state index contributed by atoms with van der Waals surface area (Å²) in [7, 11) is 0. The van der Waals surface area contributed by atoms with E-state index in [2.05, 4.69) is 31.4 Å². The molecule has 0 saturated heterocycles. The Morgan fingerprint density at radius 3 is 2.76 bits per heavy atom. The molecular weight excluding hydrogens is 400 g/mol. The standard InChI is InChI=1S/C18H17BrN4OS/c1-12-3-2-4-13(11-12)17-21-22-18(25)23(17)10-9-16(24)20-15-7-5-14(19)6-8-15/h2-8,11H,9-10H2,1H3,(H,20,24)(H,22,25). The number of amides is 1. The number of halogens is 1. The Hall–Kier alpha value is -2.25. The number of nitrogens with zero attached hydrogens (tertiary/aromatic N) is 2. The minimum atomic E-state index is -0.0689. The van der Waals surface area contributed by atoms with E-state index in [1.165, 1.54) is 0 Å². The number of hydrogen-bond donors (Lipinski definition) is 2. The molecule has 0 atom stereocenters. The fourth-order valence-electron chi connectivity index (χ4n) is 2.50. The Bertz CT molecular complexity index is 946. The molecule has 0 saturated carbocycles. The van der Waals surface area contributed by atoms with Crippen LogP contribution in [0.3, 0.4) is 0 Å². The third kappa shape index (κ3) is 4.43. The summed E-state index contributed by atoms with van der Waals surface area (Å²) in [6, 6.07) is 15.5. The van der Waals surface area contributed by atoms with Crippen LogP contribution in [0.5, 0.6) is 0 Å². The average Bonchev–Trinajstić information content (AvgIpc) is 2.96. The molecule has 128 valence electrons. The minimum Gasteiger partial charge on any atom is -0.326 e.